The Morgan fingerprint density at radius 2 is 1.68 bits per heavy atom. The van der Waals surface area contributed by atoms with Crippen LogP contribution in [0.4, 0.5) is 5.69 Å². The molecule has 2 N–H and O–H groups in total. The van der Waals surface area contributed by atoms with Crippen LogP contribution >= 0.6 is 15.9 Å². The lowest BCUT2D eigenvalue weighted by Gasteiger charge is -2.12. The molecule has 144 valence electrons. The first-order chi connectivity index (χ1) is 13.3. The van der Waals surface area contributed by atoms with Gasteiger partial charge in [0.25, 0.3) is 11.8 Å². The molecule has 7 heteroatoms. The van der Waals surface area contributed by atoms with Crippen molar-refractivity contribution in [1.82, 2.24) is 15.1 Å². The molecule has 0 atom stereocenters. The summed E-state index contributed by atoms with van der Waals surface area (Å²) in [5.74, 6) is -0.424. The fraction of sp³-hybridized carbons (Fsp3) is 0.190. The van der Waals surface area contributed by atoms with Gasteiger partial charge in [-0.25, -0.2) is 4.68 Å². The third kappa shape index (κ3) is 3.71. The van der Waals surface area contributed by atoms with Crippen molar-refractivity contribution in [2.75, 3.05) is 12.4 Å². The molecule has 0 spiro atoms. The van der Waals surface area contributed by atoms with E-state index in [0.29, 0.717) is 16.8 Å². The van der Waals surface area contributed by atoms with Gasteiger partial charge in [-0.15, -0.1) is 0 Å². The van der Waals surface area contributed by atoms with Gasteiger partial charge in [0.15, 0.2) is 0 Å². The maximum atomic E-state index is 12.6. The van der Waals surface area contributed by atoms with Crippen molar-refractivity contribution >= 4 is 33.4 Å². The minimum atomic E-state index is -0.238. The van der Waals surface area contributed by atoms with Gasteiger partial charge in [0.2, 0.25) is 0 Å². The van der Waals surface area contributed by atoms with E-state index in [9.17, 15) is 9.59 Å². The van der Waals surface area contributed by atoms with Gasteiger partial charge in [0.05, 0.1) is 21.5 Å². The Balaban J connectivity index is 1.83. The number of carbonyl (C=O) groups is 2. The highest BCUT2D eigenvalue weighted by molar-refractivity contribution is 9.10. The van der Waals surface area contributed by atoms with Gasteiger partial charge >= 0.3 is 0 Å². The van der Waals surface area contributed by atoms with E-state index in [4.69, 9.17) is 0 Å². The number of carbonyl (C=O) groups excluding carboxylic acids is 2. The largest absolute Gasteiger partial charge is 0.355 e. The quantitative estimate of drug-likeness (QED) is 0.638. The molecule has 0 radical (unpaired) electrons. The van der Waals surface area contributed by atoms with E-state index >= 15 is 0 Å². The van der Waals surface area contributed by atoms with Crippen molar-refractivity contribution in [3.63, 3.8) is 0 Å². The van der Waals surface area contributed by atoms with E-state index in [1.807, 2.05) is 37.6 Å². The maximum absolute atomic E-state index is 12.6. The van der Waals surface area contributed by atoms with E-state index in [1.165, 1.54) is 0 Å². The summed E-state index contributed by atoms with van der Waals surface area (Å²) in [4.78, 5) is 24.6. The fourth-order valence-electron chi connectivity index (χ4n) is 2.98. The molecular weight excluding hydrogens is 420 g/mol. The first kappa shape index (κ1) is 19.8. The predicted molar refractivity (Wildman–Crippen MR) is 113 cm³/mol. The summed E-state index contributed by atoms with van der Waals surface area (Å²) in [7, 11) is 1.58. The van der Waals surface area contributed by atoms with Gasteiger partial charge in [0, 0.05) is 23.9 Å². The highest BCUT2D eigenvalue weighted by Gasteiger charge is 2.14. The van der Waals surface area contributed by atoms with Gasteiger partial charge in [-0.2, -0.15) is 5.10 Å². The first-order valence-corrected chi connectivity index (χ1v) is 9.58. The fourth-order valence-corrected chi connectivity index (χ4v) is 3.22. The lowest BCUT2D eigenvalue weighted by atomic mass is 10.1. The molecule has 0 saturated heterocycles. The monoisotopic (exact) mass is 440 g/mol. The SMILES string of the molecule is CNC(=O)c1cccc(NC(=O)c2ccc(-n3nc(C)c(Br)c3C)cc2)c1C. The molecule has 1 aromatic heterocycles. The van der Waals surface area contributed by atoms with E-state index in [-0.39, 0.29) is 11.8 Å². The Bertz CT molecular complexity index is 1060. The van der Waals surface area contributed by atoms with Crippen LogP contribution in [0.1, 0.15) is 37.7 Å². The van der Waals surface area contributed by atoms with Crippen LogP contribution in [0, 0.1) is 20.8 Å². The molecule has 0 unspecified atom stereocenters. The number of rotatable bonds is 4. The Morgan fingerprint density at radius 3 is 2.25 bits per heavy atom. The van der Waals surface area contributed by atoms with Crippen molar-refractivity contribution in [1.29, 1.82) is 0 Å². The summed E-state index contributed by atoms with van der Waals surface area (Å²) >= 11 is 3.52. The molecule has 28 heavy (non-hydrogen) atoms. The minimum absolute atomic E-state index is 0.186. The van der Waals surface area contributed by atoms with E-state index in [0.717, 1.165) is 27.1 Å². The number of hydrogen-bond acceptors (Lipinski definition) is 3. The van der Waals surface area contributed by atoms with Gasteiger partial charge in [0.1, 0.15) is 0 Å². The summed E-state index contributed by atoms with van der Waals surface area (Å²) in [6.45, 7) is 5.72. The number of anilines is 1. The molecule has 0 aliphatic heterocycles. The highest BCUT2D eigenvalue weighted by atomic mass is 79.9. The molecule has 0 aliphatic rings. The molecule has 2 aromatic carbocycles. The van der Waals surface area contributed by atoms with Crippen molar-refractivity contribution in [3.8, 4) is 5.69 Å². The van der Waals surface area contributed by atoms with Crippen LogP contribution in [-0.2, 0) is 0 Å². The van der Waals surface area contributed by atoms with Gasteiger partial charge in [-0.3, -0.25) is 9.59 Å². The summed E-state index contributed by atoms with van der Waals surface area (Å²) in [5, 5.41) is 9.98. The topological polar surface area (TPSA) is 76.0 Å². The lowest BCUT2D eigenvalue weighted by Crippen LogP contribution is -2.20. The van der Waals surface area contributed by atoms with Crippen LogP contribution in [0.2, 0.25) is 0 Å². The van der Waals surface area contributed by atoms with Crippen LogP contribution in [0.25, 0.3) is 5.69 Å². The Kier molecular flexibility index (Phi) is 5.65. The van der Waals surface area contributed by atoms with E-state index < -0.39 is 0 Å². The van der Waals surface area contributed by atoms with Crippen molar-refractivity contribution < 1.29 is 9.59 Å². The Hall–Kier alpha value is -2.93. The zero-order valence-electron chi connectivity index (χ0n) is 16.1. The van der Waals surface area contributed by atoms with Gasteiger partial charge in [-0.05, 0) is 78.7 Å². The molecule has 1 heterocycles. The van der Waals surface area contributed by atoms with Crippen molar-refractivity contribution in [3.05, 3.63) is 75.0 Å². The second-order valence-electron chi connectivity index (χ2n) is 6.45. The van der Waals surface area contributed by atoms with Crippen LogP contribution in [0.15, 0.2) is 46.9 Å². The molecule has 3 rings (SSSR count). The lowest BCUT2D eigenvalue weighted by molar-refractivity contribution is 0.0960. The van der Waals surface area contributed by atoms with Crippen molar-refractivity contribution in [2.24, 2.45) is 0 Å². The van der Waals surface area contributed by atoms with Gasteiger partial charge in [-0.1, -0.05) is 6.07 Å². The average Bonchev–Trinajstić information content (AvgIpc) is 2.96. The first-order valence-electron chi connectivity index (χ1n) is 8.78. The van der Waals surface area contributed by atoms with Gasteiger partial charge < -0.3 is 10.6 Å². The standard InChI is InChI=1S/C21H21BrN4O2/c1-12-17(21(28)23-4)6-5-7-18(12)24-20(27)15-8-10-16(11-9-15)26-14(3)19(22)13(2)25-26/h5-11H,1-4H3,(H,23,28)(H,24,27). The second kappa shape index (κ2) is 7.98. The number of amides is 2. The third-order valence-electron chi connectivity index (χ3n) is 4.63. The summed E-state index contributed by atoms with van der Waals surface area (Å²) in [6.07, 6.45) is 0. The highest BCUT2D eigenvalue weighted by Crippen LogP contribution is 2.24. The zero-order valence-corrected chi connectivity index (χ0v) is 17.7. The molecule has 0 fully saturated rings. The summed E-state index contributed by atoms with van der Waals surface area (Å²) in [6, 6.07) is 12.5. The number of nitrogens with one attached hydrogen (secondary N) is 2. The smallest absolute Gasteiger partial charge is 0.255 e. The van der Waals surface area contributed by atoms with Crippen molar-refractivity contribution in [2.45, 2.75) is 20.8 Å². The molecule has 0 aliphatic carbocycles. The molecule has 0 bridgehead atoms. The van der Waals surface area contributed by atoms with E-state index in [1.54, 1.807) is 37.4 Å². The summed E-state index contributed by atoms with van der Waals surface area (Å²) < 4.78 is 2.80. The molecule has 2 amide bonds. The number of hydrogen-bond donors (Lipinski definition) is 2. The molecular formula is C21H21BrN4O2. The third-order valence-corrected chi connectivity index (χ3v) is 5.78. The van der Waals surface area contributed by atoms with E-state index in [2.05, 4.69) is 31.7 Å². The molecule has 3 aromatic rings. The number of aromatic nitrogens is 2. The van der Waals surface area contributed by atoms with Crippen LogP contribution < -0.4 is 10.6 Å². The van der Waals surface area contributed by atoms with Crippen LogP contribution in [0.3, 0.4) is 0 Å². The summed E-state index contributed by atoms with van der Waals surface area (Å²) in [5.41, 5.74) is 5.17. The normalized spacial score (nSPS) is 10.6. The second-order valence-corrected chi connectivity index (χ2v) is 7.25. The average molecular weight is 441 g/mol. The molecule has 0 saturated carbocycles. The number of benzene rings is 2. The minimum Gasteiger partial charge on any atom is -0.355 e. The Labute approximate surface area is 172 Å². The predicted octanol–water partition coefficient (Wildman–Crippen LogP) is 4.17. The van der Waals surface area contributed by atoms with Crippen LogP contribution in [0.5, 0.6) is 0 Å². The number of nitrogens with zero attached hydrogens (tertiary/aromatic N) is 2. The number of halogens is 1. The maximum Gasteiger partial charge on any atom is 0.255 e. The number of aryl methyl sites for hydroxylation is 1. The van der Waals surface area contributed by atoms with Crippen LogP contribution in [-0.4, -0.2) is 28.6 Å². The molecule has 6 nitrogen and oxygen atoms in total. The zero-order chi connectivity index (χ0) is 20.4. The Morgan fingerprint density at radius 1 is 1.00 bits per heavy atom.